The number of carbonyl (C=O) groups is 2. The molecule has 0 aliphatic rings. The first-order valence-corrected chi connectivity index (χ1v) is 9.70. The minimum atomic E-state index is -0.467. The number of amides is 1. The van der Waals surface area contributed by atoms with Crippen molar-refractivity contribution in [3.63, 3.8) is 0 Å². The fraction of sp³-hybridized carbons (Fsp3) is 0.0870. The maximum atomic E-state index is 12.4. The van der Waals surface area contributed by atoms with Gasteiger partial charge in [0.1, 0.15) is 5.75 Å². The monoisotopic (exact) mass is 450 g/mol. The van der Waals surface area contributed by atoms with Crippen molar-refractivity contribution in [2.75, 3.05) is 0 Å². The van der Waals surface area contributed by atoms with Crippen molar-refractivity contribution in [3.05, 3.63) is 99.0 Å². The van der Waals surface area contributed by atoms with Gasteiger partial charge in [-0.05, 0) is 56.3 Å². The summed E-state index contributed by atoms with van der Waals surface area (Å²) >= 11 is 3.39. The first-order valence-electron chi connectivity index (χ1n) is 8.91. The Labute approximate surface area is 177 Å². The zero-order valence-electron chi connectivity index (χ0n) is 16.0. The van der Waals surface area contributed by atoms with Gasteiger partial charge in [0.2, 0.25) is 0 Å². The summed E-state index contributed by atoms with van der Waals surface area (Å²) in [5, 5.41) is 4.00. The highest BCUT2D eigenvalue weighted by Crippen LogP contribution is 2.23. The highest BCUT2D eigenvalue weighted by Gasteiger charge is 2.12. The molecule has 3 aromatic carbocycles. The van der Waals surface area contributed by atoms with Crippen LogP contribution in [0.15, 0.2) is 76.3 Å². The van der Waals surface area contributed by atoms with E-state index in [9.17, 15) is 9.59 Å². The van der Waals surface area contributed by atoms with E-state index in [2.05, 4.69) is 26.5 Å². The van der Waals surface area contributed by atoms with Gasteiger partial charge in [0.25, 0.3) is 5.91 Å². The van der Waals surface area contributed by atoms with Crippen LogP contribution in [0.2, 0.25) is 0 Å². The van der Waals surface area contributed by atoms with Gasteiger partial charge in [0.15, 0.2) is 0 Å². The lowest BCUT2D eigenvalue weighted by Crippen LogP contribution is -2.17. The molecule has 3 aromatic rings. The maximum absolute atomic E-state index is 12.4. The molecule has 0 saturated carbocycles. The molecule has 0 aliphatic heterocycles. The van der Waals surface area contributed by atoms with Gasteiger partial charge in [-0.2, -0.15) is 5.10 Å². The summed E-state index contributed by atoms with van der Waals surface area (Å²) in [6.07, 6.45) is 1.44. The van der Waals surface area contributed by atoms with Crippen LogP contribution < -0.4 is 10.2 Å². The molecule has 3 rings (SSSR count). The van der Waals surface area contributed by atoms with Crippen molar-refractivity contribution in [2.24, 2.45) is 5.10 Å². The predicted octanol–water partition coefficient (Wildman–Crippen LogP) is 5.05. The standard InChI is InChI=1S/C23H19BrN2O3/c1-15-3-7-17(8-4-15)22(27)26-25-14-19-13-20(24)11-12-21(19)29-23(28)18-9-5-16(2)6-10-18/h3-14H,1-2H3,(H,26,27)/b25-14-. The smallest absolute Gasteiger partial charge is 0.343 e. The Morgan fingerprint density at radius 1 is 0.897 bits per heavy atom. The second kappa shape index (κ2) is 9.30. The first-order chi connectivity index (χ1) is 13.9. The Hall–Kier alpha value is -3.25. The molecule has 0 fully saturated rings. The normalized spacial score (nSPS) is 10.7. The molecule has 29 heavy (non-hydrogen) atoms. The number of ether oxygens (including phenoxy) is 1. The highest BCUT2D eigenvalue weighted by atomic mass is 79.9. The molecule has 0 aliphatic carbocycles. The van der Waals surface area contributed by atoms with E-state index in [1.165, 1.54) is 6.21 Å². The summed E-state index contributed by atoms with van der Waals surface area (Å²) in [4.78, 5) is 24.6. The lowest BCUT2D eigenvalue weighted by Gasteiger charge is -2.08. The van der Waals surface area contributed by atoms with Crippen LogP contribution in [0.5, 0.6) is 5.75 Å². The third kappa shape index (κ3) is 5.62. The quantitative estimate of drug-likeness (QED) is 0.256. The van der Waals surface area contributed by atoms with Crippen molar-refractivity contribution >= 4 is 34.0 Å². The summed E-state index contributed by atoms with van der Waals surface area (Å²) in [6.45, 7) is 3.90. The number of esters is 1. The van der Waals surface area contributed by atoms with Crippen LogP contribution in [0.1, 0.15) is 37.4 Å². The SMILES string of the molecule is Cc1ccc(C(=O)N/N=C\c2cc(Br)ccc2OC(=O)c2ccc(C)cc2)cc1. The number of hydrazone groups is 1. The topological polar surface area (TPSA) is 67.8 Å². The largest absolute Gasteiger partial charge is 0.422 e. The van der Waals surface area contributed by atoms with E-state index in [0.717, 1.165) is 15.6 Å². The lowest BCUT2D eigenvalue weighted by molar-refractivity contribution is 0.0734. The van der Waals surface area contributed by atoms with Gasteiger partial charge in [0, 0.05) is 15.6 Å². The summed E-state index contributed by atoms with van der Waals surface area (Å²) < 4.78 is 6.31. The number of nitrogens with one attached hydrogen (secondary N) is 1. The van der Waals surface area contributed by atoms with E-state index < -0.39 is 5.97 Å². The van der Waals surface area contributed by atoms with E-state index in [4.69, 9.17) is 4.74 Å². The van der Waals surface area contributed by atoms with Crippen LogP contribution in [0.25, 0.3) is 0 Å². The van der Waals surface area contributed by atoms with Crippen molar-refractivity contribution < 1.29 is 14.3 Å². The van der Waals surface area contributed by atoms with Crippen LogP contribution in [0, 0.1) is 13.8 Å². The van der Waals surface area contributed by atoms with E-state index in [1.807, 2.05) is 38.1 Å². The molecule has 0 radical (unpaired) electrons. The lowest BCUT2D eigenvalue weighted by atomic mass is 10.1. The number of rotatable bonds is 5. The molecule has 1 amide bonds. The third-order valence-corrected chi connectivity index (χ3v) is 4.64. The van der Waals surface area contributed by atoms with Crippen LogP contribution >= 0.6 is 15.9 Å². The third-order valence-electron chi connectivity index (χ3n) is 4.15. The number of hydrogen-bond donors (Lipinski definition) is 1. The molecule has 1 N–H and O–H groups in total. The number of halogens is 1. The second-order valence-electron chi connectivity index (χ2n) is 6.50. The average molecular weight is 451 g/mol. The molecular weight excluding hydrogens is 432 g/mol. The molecule has 0 atom stereocenters. The summed E-state index contributed by atoms with van der Waals surface area (Å²) in [5.74, 6) is -0.452. The fourth-order valence-electron chi connectivity index (χ4n) is 2.49. The molecule has 0 unspecified atom stereocenters. The Morgan fingerprint density at radius 2 is 1.48 bits per heavy atom. The van der Waals surface area contributed by atoms with Crippen LogP contribution in [-0.2, 0) is 0 Å². The minimum absolute atomic E-state index is 0.325. The number of benzene rings is 3. The average Bonchev–Trinajstić information content (AvgIpc) is 2.70. The Kier molecular flexibility index (Phi) is 6.57. The number of carbonyl (C=O) groups excluding carboxylic acids is 2. The first kappa shape index (κ1) is 20.5. The van der Waals surface area contributed by atoms with Crippen molar-refractivity contribution in [1.29, 1.82) is 0 Å². The van der Waals surface area contributed by atoms with E-state index in [0.29, 0.717) is 22.4 Å². The van der Waals surface area contributed by atoms with Gasteiger partial charge in [0.05, 0.1) is 11.8 Å². The Bertz CT molecular complexity index is 1060. The molecule has 0 spiro atoms. The Balaban J connectivity index is 1.73. The van der Waals surface area contributed by atoms with Crippen molar-refractivity contribution in [2.45, 2.75) is 13.8 Å². The molecule has 0 heterocycles. The van der Waals surface area contributed by atoms with Gasteiger partial charge in [-0.3, -0.25) is 4.79 Å². The van der Waals surface area contributed by atoms with Crippen LogP contribution in [-0.4, -0.2) is 18.1 Å². The minimum Gasteiger partial charge on any atom is -0.422 e. The predicted molar refractivity (Wildman–Crippen MR) is 117 cm³/mol. The van der Waals surface area contributed by atoms with Gasteiger partial charge in [-0.15, -0.1) is 0 Å². The fourth-order valence-corrected chi connectivity index (χ4v) is 2.87. The van der Waals surface area contributed by atoms with Crippen molar-refractivity contribution in [3.8, 4) is 5.75 Å². The molecular formula is C23H19BrN2O3. The molecule has 0 bridgehead atoms. The summed E-state index contributed by atoms with van der Waals surface area (Å²) in [7, 11) is 0. The van der Waals surface area contributed by atoms with Gasteiger partial charge >= 0.3 is 5.97 Å². The van der Waals surface area contributed by atoms with Gasteiger partial charge in [-0.1, -0.05) is 51.3 Å². The Morgan fingerprint density at radius 3 is 2.10 bits per heavy atom. The van der Waals surface area contributed by atoms with Gasteiger partial charge in [-0.25, -0.2) is 10.2 Å². The molecule has 5 nitrogen and oxygen atoms in total. The van der Waals surface area contributed by atoms with E-state index >= 15 is 0 Å². The zero-order chi connectivity index (χ0) is 20.8. The number of aryl methyl sites for hydroxylation is 2. The summed E-state index contributed by atoms with van der Waals surface area (Å²) in [6, 6.07) is 19.5. The van der Waals surface area contributed by atoms with Crippen molar-refractivity contribution in [1.82, 2.24) is 5.43 Å². The summed E-state index contributed by atoms with van der Waals surface area (Å²) in [5.41, 5.74) is 6.11. The molecule has 0 aromatic heterocycles. The molecule has 6 heteroatoms. The zero-order valence-corrected chi connectivity index (χ0v) is 17.6. The second-order valence-corrected chi connectivity index (χ2v) is 7.42. The molecule has 0 saturated heterocycles. The van der Waals surface area contributed by atoms with E-state index in [-0.39, 0.29) is 5.91 Å². The van der Waals surface area contributed by atoms with Crippen LogP contribution in [0.3, 0.4) is 0 Å². The van der Waals surface area contributed by atoms with Gasteiger partial charge < -0.3 is 4.74 Å². The number of nitrogens with zero attached hydrogens (tertiary/aromatic N) is 1. The molecule has 146 valence electrons. The van der Waals surface area contributed by atoms with Crippen LogP contribution in [0.4, 0.5) is 0 Å². The van der Waals surface area contributed by atoms with E-state index in [1.54, 1.807) is 42.5 Å². The number of hydrogen-bond acceptors (Lipinski definition) is 4. The highest BCUT2D eigenvalue weighted by molar-refractivity contribution is 9.10. The maximum Gasteiger partial charge on any atom is 0.343 e.